The Labute approximate surface area is 183 Å². The molecule has 2 atom stereocenters. The summed E-state index contributed by atoms with van der Waals surface area (Å²) in [5, 5.41) is 3.00. The molecule has 0 aromatic heterocycles. The van der Waals surface area contributed by atoms with E-state index in [1.807, 2.05) is 37.3 Å². The fraction of sp³-hybridized carbons (Fsp3) is 0.440. The summed E-state index contributed by atoms with van der Waals surface area (Å²) < 4.78 is 11.7. The topological polar surface area (TPSA) is 67.9 Å². The lowest BCUT2D eigenvalue weighted by Crippen LogP contribution is -2.38. The van der Waals surface area contributed by atoms with Gasteiger partial charge in [0, 0.05) is 13.1 Å². The summed E-state index contributed by atoms with van der Waals surface area (Å²) >= 11 is 0. The second-order valence-electron chi connectivity index (χ2n) is 8.31. The van der Waals surface area contributed by atoms with Crippen molar-refractivity contribution >= 4 is 11.7 Å². The van der Waals surface area contributed by atoms with E-state index in [1.165, 1.54) is 26.4 Å². The van der Waals surface area contributed by atoms with Crippen molar-refractivity contribution in [3.8, 4) is 11.5 Å². The van der Waals surface area contributed by atoms with Gasteiger partial charge in [-0.25, -0.2) is 0 Å². The van der Waals surface area contributed by atoms with Crippen LogP contribution in [0.5, 0.6) is 11.5 Å². The summed E-state index contributed by atoms with van der Waals surface area (Å²) in [7, 11) is 1.53. The highest BCUT2D eigenvalue weighted by molar-refractivity contribution is 6.07. The Morgan fingerprint density at radius 1 is 1.16 bits per heavy atom. The summed E-state index contributed by atoms with van der Waals surface area (Å²) in [6.07, 6.45) is 3.28. The Hall–Kier alpha value is -2.86. The number of fused-ring (bicyclic) bond motifs is 1. The number of nitrogens with one attached hydrogen (secondary N) is 1. The van der Waals surface area contributed by atoms with Crippen LogP contribution in [0.15, 0.2) is 42.5 Å². The van der Waals surface area contributed by atoms with Gasteiger partial charge in [0.05, 0.1) is 24.2 Å². The minimum Gasteiger partial charge on any atom is -0.497 e. The van der Waals surface area contributed by atoms with Gasteiger partial charge < -0.3 is 19.7 Å². The number of piperidine rings is 1. The third-order valence-electron chi connectivity index (χ3n) is 6.21. The summed E-state index contributed by atoms with van der Waals surface area (Å²) in [6.45, 7) is 5.40. The lowest BCUT2D eigenvalue weighted by molar-refractivity contribution is 0.0682. The largest absolute Gasteiger partial charge is 0.497 e. The molecule has 1 saturated heterocycles. The van der Waals surface area contributed by atoms with Crippen molar-refractivity contribution in [3.05, 3.63) is 59.2 Å². The quantitative estimate of drug-likeness (QED) is 0.766. The average molecular weight is 423 g/mol. The average Bonchev–Trinajstić information content (AvgIpc) is 2.82. The zero-order chi connectivity index (χ0) is 21.8. The predicted octanol–water partition coefficient (Wildman–Crippen LogP) is 3.86. The predicted molar refractivity (Wildman–Crippen MR) is 119 cm³/mol. The first kappa shape index (κ1) is 21.4. The summed E-state index contributed by atoms with van der Waals surface area (Å²) in [4.78, 5) is 28.6. The van der Waals surface area contributed by atoms with Gasteiger partial charge in [0.1, 0.15) is 17.6 Å². The van der Waals surface area contributed by atoms with E-state index < -0.39 is 6.10 Å². The second-order valence-corrected chi connectivity index (χ2v) is 8.31. The lowest BCUT2D eigenvalue weighted by atomic mass is 9.86. The first-order valence-electron chi connectivity index (χ1n) is 11.1. The minimum absolute atomic E-state index is 0.0450. The molecule has 2 aromatic carbocycles. The monoisotopic (exact) mass is 422 g/mol. The van der Waals surface area contributed by atoms with Gasteiger partial charge in [-0.2, -0.15) is 0 Å². The smallest absolute Gasteiger partial charge is 0.255 e. The number of likely N-dealkylation sites (tertiary alicyclic amines) is 1. The molecule has 31 heavy (non-hydrogen) atoms. The Bertz CT molecular complexity index is 938. The number of benzene rings is 2. The number of methoxy groups -OCH3 is 1. The number of amides is 1. The van der Waals surface area contributed by atoms with Crippen molar-refractivity contribution in [2.24, 2.45) is 5.92 Å². The molecular weight excluding hydrogens is 392 g/mol. The van der Waals surface area contributed by atoms with E-state index in [4.69, 9.17) is 9.47 Å². The van der Waals surface area contributed by atoms with Gasteiger partial charge in [-0.3, -0.25) is 9.59 Å². The molecule has 0 unspecified atom stereocenters. The standard InChI is InChI=1S/C25H30N2O4/c1-17-22(28)20-15-19(30-2)16-21(24(20)31-23(17)18-9-5-3-6-10-18)25(29)26-11-14-27-12-7-4-8-13-27/h3,5-6,9-10,15-17,23H,4,7-8,11-14H2,1-2H3,(H,26,29)/t17-,23+/m1/s1. The van der Waals surface area contributed by atoms with Gasteiger partial charge in [-0.15, -0.1) is 0 Å². The first-order chi connectivity index (χ1) is 15.1. The molecule has 2 heterocycles. The summed E-state index contributed by atoms with van der Waals surface area (Å²) in [5.41, 5.74) is 1.66. The van der Waals surface area contributed by atoms with Gasteiger partial charge in [-0.1, -0.05) is 43.7 Å². The summed E-state index contributed by atoms with van der Waals surface area (Å²) in [5.74, 6) is 0.158. The fourth-order valence-electron chi connectivity index (χ4n) is 4.42. The molecule has 164 valence electrons. The number of Topliss-reactive ketones (excluding diaryl/α,β-unsaturated/α-hetero) is 1. The maximum atomic E-state index is 13.2. The zero-order valence-electron chi connectivity index (χ0n) is 18.2. The highest BCUT2D eigenvalue weighted by Gasteiger charge is 2.37. The van der Waals surface area contributed by atoms with Crippen LogP contribution in [0.1, 0.15) is 58.6 Å². The molecule has 0 saturated carbocycles. The van der Waals surface area contributed by atoms with Crippen LogP contribution < -0.4 is 14.8 Å². The third kappa shape index (κ3) is 4.59. The van der Waals surface area contributed by atoms with Gasteiger partial charge >= 0.3 is 0 Å². The molecule has 1 amide bonds. The van der Waals surface area contributed by atoms with Crippen LogP contribution in [-0.2, 0) is 0 Å². The van der Waals surface area contributed by atoms with Crippen LogP contribution in [0.3, 0.4) is 0 Å². The van der Waals surface area contributed by atoms with Crippen molar-refractivity contribution in [1.82, 2.24) is 10.2 Å². The van der Waals surface area contributed by atoms with Gasteiger partial charge in [0.15, 0.2) is 5.78 Å². The molecule has 0 aliphatic carbocycles. The minimum atomic E-state index is -0.436. The lowest BCUT2D eigenvalue weighted by Gasteiger charge is -2.32. The molecule has 6 nitrogen and oxygen atoms in total. The molecule has 6 heteroatoms. The van der Waals surface area contributed by atoms with Crippen LogP contribution in [0.25, 0.3) is 0 Å². The van der Waals surface area contributed by atoms with E-state index in [2.05, 4.69) is 10.2 Å². The Kier molecular flexibility index (Phi) is 6.56. The fourth-order valence-corrected chi connectivity index (χ4v) is 4.42. The number of rotatable bonds is 6. The summed E-state index contributed by atoms with van der Waals surface area (Å²) in [6, 6.07) is 13.0. The van der Waals surface area contributed by atoms with E-state index in [9.17, 15) is 9.59 Å². The second kappa shape index (κ2) is 9.52. The number of ketones is 1. The molecule has 4 rings (SSSR count). The van der Waals surface area contributed by atoms with Gasteiger partial charge in [0.2, 0.25) is 0 Å². The normalized spacial score (nSPS) is 21.2. The molecule has 0 spiro atoms. The van der Waals surface area contributed by atoms with Crippen LogP contribution in [0.2, 0.25) is 0 Å². The molecule has 2 aliphatic rings. The van der Waals surface area contributed by atoms with E-state index in [0.29, 0.717) is 29.2 Å². The number of carbonyl (C=O) groups is 2. The molecule has 1 fully saturated rings. The van der Waals surface area contributed by atoms with Crippen molar-refractivity contribution in [1.29, 1.82) is 0 Å². The maximum absolute atomic E-state index is 13.2. The molecule has 2 aliphatic heterocycles. The first-order valence-corrected chi connectivity index (χ1v) is 11.1. The molecule has 0 radical (unpaired) electrons. The number of carbonyl (C=O) groups excluding carboxylic acids is 2. The molecular formula is C25H30N2O4. The Morgan fingerprint density at radius 3 is 2.61 bits per heavy atom. The number of nitrogens with zero attached hydrogens (tertiary/aromatic N) is 1. The molecule has 1 N–H and O–H groups in total. The van der Waals surface area contributed by atoms with Crippen molar-refractivity contribution in [2.45, 2.75) is 32.3 Å². The van der Waals surface area contributed by atoms with E-state index in [1.54, 1.807) is 12.1 Å². The van der Waals surface area contributed by atoms with Crippen molar-refractivity contribution < 1.29 is 19.1 Å². The highest BCUT2D eigenvalue weighted by Crippen LogP contribution is 2.42. The third-order valence-corrected chi connectivity index (χ3v) is 6.21. The Morgan fingerprint density at radius 2 is 1.90 bits per heavy atom. The number of ether oxygens (including phenoxy) is 2. The van der Waals surface area contributed by atoms with Gasteiger partial charge in [-0.05, 0) is 43.6 Å². The maximum Gasteiger partial charge on any atom is 0.255 e. The highest BCUT2D eigenvalue weighted by atomic mass is 16.5. The Balaban J connectivity index is 1.58. The van der Waals surface area contributed by atoms with E-state index in [0.717, 1.165) is 25.2 Å². The van der Waals surface area contributed by atoms with E-state index in [-0.39, 0.29) is 17.6 Å². The van der Waals surface area contributed by atoms with Crippen LogP contribution in [0.4, 0.5) is 0 Å². The number of hydrogen-bond acceptors (Lipinski definition) is 5. The van der Waals surface area contributed by atoms with Gasteiger partial charge in [0.25, 0.3) is 5.91 Å². The van der Waals surface area contributed by atoms with Crippen LogP contribution in [-0.4, -0.2) is 49.9 Å². The molecule has 2 aromatic rings. The van der Waals surface area contributed by atoms with E-state index >= 15 is 0 Å². The molecule has 0 bridgehead atoms. The van der Waals surface area contributed by atoms with Crippen molar-refractivity contribution in [3.63, 3.8) is 0 Å². The van der Waals surface area contributed by atoms with Crippen LogP contribution >= 0.6 is 0 Å². The van der Waals surface area contributed by atoms with Crippen molar-refractivity contribution in [2.75, 3.05) is 33.3 Å². The zero-order valence-corrected chi connectivity index (χ0v) is 18.2. The SMILES string of the molecule is COc1cc(C(=O)NCCN2CCCCC2)c2c(c1)C(=O)[C@@H](C)[C@@H](c1ccccc1)O2. The number of hydrogen-bond donors (Lipinski definition) is 1. The van der Waals surface area contributed by atoms with Crippen LogP contribution in [0, 0.1) is 5.92 Å².